The van der Waals surface area contributed by atoms with E-state index >= 15 is 0 Å². The lowest BCUT2D eigenvalue weighted by atomic mass is 10.1. The fourth-order valence-corrected chi connectivity index (χ4v) is 2.22. The number of carboxylic acid groups (broad SMARTS) is 1. The summed E-state index contributed by atoms with van der Waals surface area (Å²) < 4.78 is 0. The minimum atomic E-state index is -0.898. The molecule has 0 saturated carbocycles. The van der Waals surface area contributed by atoms with Crippen molar-refractivity contribution < 1.29 is 14.7 Å². The Kier molecular flexibility index (Phi) is 2.68. The number of nitrogens with zero attached hydrogens (tertiary/aromatic N) is 2. The number of carboxylic acids is 1. The van der Waals surface area contributed by atoms with Crippen LogP contribution in [0.25, 0.3) is 0 Å². The molecule has 1 aromatic heterocycles. The minimum Gasteiger partial charge on any atom is -0.481 e. The highest BCUT2D eigenvalue weighted by Gasteiger charge is 2.34. The molecule has 1 saturated heterocycles. The van der Waals surface area contributed by atoms with E-state index in [-0.39, 0.29) is 12.3 Å². The zero-order valence-electron chi connectivity index (χ0n) is 7.92. The molecule has 5 nitrogen and oxygen atoms in total. The van der Waals surface area contributed by atoms with Crippen molar-refractivity contribution in [3.63, 3.8) is 0 Å². The van der Waals surface area contributed by atoms with Crippen molar-refractivity contribution in [2.45, 2.75) is 13.0 Å². The van der Waals surface area contributed by atoms with E-state index in [0.717, 1.165) is 5.01 Å². The Morgan fingerprint density at radius 3 is 3.07 bits per heavy atom. The molecular formula is C9H10N2O3S. The third-order valence-corrected chi connectivity index (χ3v) is 3.14. The average Bonchev–Trinajstić information content (AvgIpc) is 2.77. The summed E-state index contributed by atoms with van der Waals surface area (Å²) in [5.74, 6) is -1.56. The molecule has 1 N–H and O–H groups in total. The molecule has 6 heteroatoms. The van der Waals surface area contributed by atoms with E-state index in [1.165, 1.54) is 11.3 Å². The monoisotopic (exact) mass is 226 g/mol. The molecule has 0 aromatic carbocycles. The zero-order valence-corrected chi connectivity index (χ0v) is 8.74. The molecule has 1 amide bonds. The van der Waals surface area contributed by atoms with E-state index < -0.39 is 11.9 Å². The lowest BCUT2D eigenvalue weighted by Gasteiger charge is -2.13. The molecule has 0 bridgehead atoms. The predicted molar refractivity (Wildman–Crippen MR) is 53.3 cm³/mol. The van der Waals surface area contributed by atoms with Crippen LogP contribution in [0.1, 0.15) is 11.4 Å². The molecule has 1 fully saturated rings. The SMILES string of the molecule is O=C(O)C1CC(=O)N(Cc2nccs2)C1. The summed E-state index contributed by atoms with van der Waals surface area (Å²) in [6.45, 7) is 0.730. The highest BCUT2D eigenvalue weighted by Crippen LogP contribution is 2.20. The Morgan fingerprint density at radius 1 is 1.73 bits per heavy atom. The number of thiazole rings is 1. The van der Waals surface area contributed by atoms with E-state index in [0.29, 0.717) is 13.1 Å². The summed E-state index contributed by atoms with van der Waals surface area (Å²) in [4.78, 5) is 27.8. The molecule has 2 heterocycles. The van der Waals surface area contributed by atoms with E-state index in [1.807, 2.05) is 5.38 Å². The summed E-state index contributed by atoms with van der Waals surface area (Å²) in [5, 5.41) is 11.5. The normalized spacial score (nSPS) is 20.9. The second kappa shape index (κ2) is 3.98. The van der Waals surface area contributed by atoms with Gasteiger partial charge in [-0.2, -0.15) is 0 Å². The van der Waals surface area contributed by atoms with Crippen molar-refractivity contribution in [1.82, 2.24) is 9.88 Å². The van der Waals surface area contributed by atoms with Crippen molar-refractivity contribution in [2.24, 2.45) is 5.92 Å². The van der Waals surface area contributed by atoms with Crippen LogP contribution in [0.3, 0.4) is 0 Å². The molecule has 0 spiro atoms. The molecule has 80 valence electrons. The second-order valence-corrected chi connectivity index (χ2v) is 4.42. The Bertz CT molecular complexity index is 377. The molecule has 1 atom stereocenters. The maximum Gasteiger partial charge on any atom is 0.308 e. The third-order valence-electron chi connectivity index (χ3n) is 2.37. The van der Waals surface area contributed by atoms with Crippen molar-refractivity contribution in [1.29, 1.82) is 0 Å². The molecule has 1 unspecified atom stereocenters. The van der Waals surface area contributed by atoms with Crippen LogP contribution in [0.15, 0.2) is 11.6 Å². The Morgan fingerprint density at radius 2 is 2.53 bits per heavy atom. The van der Waals surface area contributed by atoms with Gasteiger partial charge in [-0.1, -0.05) is 0 Å². The maximum absolute atomic E-state index is 11.5. The van der Waals surface area contributed by atoms with E-state index in [2.05, 4.69) is 4.98 Å². The minimum absolute atomic E-state index is 0.0994. The fraction of sp³-hybridized carbons (Fsp3) is 0.444. The molecule has 0 aliphatic carbocycles. The number of hydrogen-bond acceptors (Lipinski definition) is 4. The lowest BCUT2D eigenvalue weighted by Crippen LogP contribution is -2.25. The Labute approximate surface area is 90.4 Å². The summed E-state index contributed by atoms with van der Waals surface area (Å²) >= 11 is 1.47. The van der Waals surface area contributed by atoms with Crippen LogP contribution in [0.4, 0.5) is 0 Å². The Balaban J connectivity index is 2.00. The molecule has 1 aromatic rings. The molecule has 0 radical (unpaired) electrons. The van der Waals surface area contributed by atoms with Gasteiger partial charge < -0.3 is 10.0 Å². The van der Waals surface area contributed by atoms with Crippen LogP contribution in [0.2, 0.25) is 0 Å². The molecule has 15 heavy (non-hydrogen) atoms. The predicted octanol–water partition coefficient (Wildman–Crippen LogP) is 0.576. The molecule has 1 aliphatic rings. The summed E-state index contributed by atoms with van der Waals surface area (Å²) in [6, 6.07) is 0. The van der Waals surface area contributed by atoms with Crippen LogP contribution in [-0.2, 0) is 16.1 Å². The lowest BCUT2D eigenvalue weighted by molar-refractivity contribution is -0.141. The highest BCUT2D eigenvalue weighted by atomic mass is 32.1. The van der Waals surface area contributed by atoms with Gasteiger partial charge in [0.05, 0.1) is 12.5 Å². The number of carbonyl (C=O) groups is 2. The largest absolute Gasteiger partial charge is 0.481 e. The molecular weight excluding hydrogens is 216 g/mol. The van der Waals surface area contributed by atoms with Crippen LogP contribution >= 0.6 is 11.3 Å². The number of amides is 1. The standard InChI is InChI=1S/C9H10N2O3S/c12-8-3-6(9(13)14)4-11(8)5-7-10-1-2-15-7/h1-2,6H,3-5H2,(H,13,14). The van der Waals surface area contributed by atoms with E-state index in [9.17, 15) is 9.59 Å². The van der Waals surface area contributed by atoms with Crippen molar-refractivity contribution in [3.05, 3.63) is 16.6 Å². The first kappa shape index (κ1) is 10.1. The van der Waals surface area contributed by atoms with Crippen molar-refractivity contribution in [2.75, 3.05) is 6.54 Å². The van der Waals surface area contributed by atoms with Gasteiger partial charge in [0, 0.05) is 24.5 Å². The first-order valence-corrected chi connectivity index (χ1v) is 5.43. The number of aliphatic carboxylic acids is 1. The average molecular weight is 226 g/mol. The van der Waals surface area contributed by atoms with Crippen molar-refractivity contribution >= 4 is 23.2 Å². The zero-order chi connectivity index (χ0) is 10.8. The first-order chi connectivity index (χ1) is 7.16. The van der Waals surface area contributed by atoms with Crippen LogP contribution in [0.5, 0.6) is 0 Å². The van der Waals surface area contributed by atoms with Gasteiger partial charge in [0.15, 0.2) is 0 Å². The van der Waals surface area contributed by atoms with Gasteiger partial charge in [0.1, 0.15) is 5.01 Å². The fourth-order valence-electron chi connectivity index (χ4n) is 1.58. The molecule has 2 rings (SSSR count). The van der Waals surface area contributed by atoms with Gasteiger partial charge in [-0.25, -0.2) is 4.98 Å². The summed E-state index contributed by atoms with van der Waals surface area (Å²) in [5.41, 5.74) is 0. The highest BCUT2D eigenvalue weighted by molar-refractivity contribution is 7.09. The molecule has 1 aliphatic heterocycles. The summed E-state index contributed by atoms with van der Waals surface area (Å²) in [7, 11) is 0. The van der Waals surface area contributed by atoms with Gasteiger partial charge in [0.25, 0.3) is 0 Å². The van der Waals surface area contributed by atoms with Crippen molar-refractivity contribution in [3.8, 4) is 0 Å². The van der Waals surface area contributed by atoms with Crippen LogP contribution in [-0.4, -0.2) is 33.4 Å². The number of carbonyl (C=O) groups excluding carboxylic acids is 1. The summed E-state index contributed by atoms with van der Waals surface area (Å²) in [6.07, 6.45) is 1.79. The van der Waals surface area contributed by atoms with Gasteiger partial charge in [-0.15, -0.1) is 11.3 Å². The van der Waals surface area contributed by atoms with Crippen LogP contribution < -0.4 is 0 Å². The van der Waals surface area contributed by atoms with E-state index in [1.54, 1.807) is 11.1 Å². The smallest absolute Gasteiger partial charge is 0.308 e. The van der Waals surface area contributed by atoms with Gasteiger partial charge >= 0.3 is 5.97 Å². The number of rotatable bonds is 3. The maximum atomic E-state index is 11.5. The van der Waals surface area contributed by atoms with Gasteiger partial charge in [0.2, 0.25) is 5.91 Å². The first-order valence-electron chi connectivity index (χ1n) is 4.56. The quantitative estimate of drug-likeness (QED) is 0.818. The van der Waals surface area contributed by atoms with Gasteiger partial charge in [-0.3, -0.25) is 9.59 Å². The number of hydrogen-bond donors (Lipinski definition) is 1. The third kappa shape index (κ3) is 2.15. The second-order valence-electron chi connectivity index (χ2n) is 3.44. The number of aromatic nitrogens is 1. The topological polar surface area (TPSA) is 70.5 Å². The number of likely N-dealkylation sites (tertiary alicyclic amines) is 1. The Hall–Kier alpha value is -1.43. The van der Waals surface area contributed by atoms with Crippen LogP contribution in [0, 0.1) is 5.92 Å². The van der Waals surface area contributed by atoms with Gasteiger partial charge in [-0.05, 0) is 0 Å². The van der Waals surface area contributed by atoms with E-state index in [4.69, 9.17) is 5.11 Å².